The number of nitrogens with one attached hydrogen (secondary N) is 4. The maximum absolute atomic E-state index is 11.8. The predicted molar refractivity (Wildman–Crippen MR) is 83.1 cm³/mol. The molecule has 0 radical (unpaired) electrons. The van der Waals surface area contributed by atoms with Gasteiger partial charge in [0.1, 0.15) is 5.75 Å². The second kappa shape index (κ2) is 6.71. The molecule has 8 heteroatoms. The highest BCUT2D eigenvalue weighted by molar-refractivity contribution is 7.80. The molecule has 4 N–H and O–H groups in total. The van der Waals surface area contributed by atoms with Gasteiger partial charge in [0, 0.05) is 11.4 Å². The van der Waals surface area contributed by atoms with Crippen molar-refractivity contribution >= 4 is 28.9 Å². The number of hydrogen-bond donors (Lipinski definition) is 4. The quantitative estimate of drug-likeness (QED) is 0.505. The lowest BCUT2D eigenvalue weighted by molar-refractivity contribution is 0.0939. The highest BCUT2D eigenvalue weighted by Crippen LogP contribution is 2.14. The van der Waals surface area contributed by atoms with E-state index in [0.29, 0.717) is 11.4 Å². The molecule has 1 amide bonds. The van der Waals surface area contributed by atoms with Gasteiger partial charge in [-0.2, -0.15) is 0 Å². The summed E-state index contributed by atoms with van der Waals surface area (Å²) in [6, 6.07) is 7.23. The third-order valence-corrected chi connectivity index (χ3v) is 2.89. The van der Waals surface area contributed by atoms with E-state index < -0.39 is 0 Å². The van der Waals surface area contributed by atoms with Gasteiger partial charge in [-0.3, -0.25) is 15.6 Å². The Morgan fingerprint density at radius 3 is 2.57 bits per heavy atom. The Morgan fingerprint density at radius 1 is 1.29 bits per heavy atom. The Bertz CT molecular complexity index is 638. The number of aromatic amines is 1. The largest absolute Gasteiger partial charge is 0.497 e. The molecule has 7 nitrogen and oxygen atoms in total. The van der Waals surface area contributed by atoms with E-state index in [1.165, 1.54) is 6.33 Å². The highest BCUT2D eigenvalue weighted by Gasteiger charge is 2.11. The monoisotopic (exact) mass is 305 g/mol. The standard InChI is InChI=1S/C13H15N5O2S/c1-8-11(15-7-14-8)12(19)17-18-13(21)16-9-3-5-10(20-2)6-4-9/h3-7H,1-2H3,(H,14,15)(H,17,19)(H2,16,18,21). The molecule has 110 valence electrons. The lowest BCUT2D eigenvalue weighted by Gasteiger charge is -2.11. The molecule has 1 aromatic heterocycles. The topological polar surface area (TPSA) is 91.1 Å². The second-order valence-corrected chi connectivity index (χ2v) is 4.55. The SMILES string of the molecule is COc1ccc(NC(=S)NNC(=O)c2nc[nH]c2C)cc1. The van der Waals surface area contributed by atoms with Gasteiger partial charge in [-0.15, -0.1) is 0 Å². The molecule has 0 fully saturated rings. The van der Waals surface area contributed by atoms with Gasteiger partial charge in [-0.05, 0) is 43.4 Å². The summed E-state index contributed by atoms with van der Waals surface area (Å²) in [4.78, 5) is 18.5. The molecule has 0 aliphatic carbocycles. The van der Waals surface area contributed by atoms with Gasteiger partial charge in [0.05, 0.1) is 13.4 Å². The van der Waals surface area contributed by atoms with Gasteiger partial charge in [0.15, 0.2) is 10.8 Å². The van der Waals surface area contributed by atoms with Crippen molar-refractivity contribution in [3.05, 3.63) is 42.0 Å². The average molecular weight is 305 g/mol. The van der Waals surface area contributed by atoms with E-state index in [2.05, 4.69) is 26.1 Å². The number of benzene rings is 1. The summed E-state index contributed by atoms with van der Waals surface area (Å²) in [6.45, 7) is 1.76. The van der Waals surface area contributed by atoms with Crippen LogP contribution in [0.5, 0.6) is 5.75 Å². The second-order valence-electron chi connectivity index (χ2n) is 4.14. The third-order valence-electron chi connectivity index (χ3n) is 2.68. The Balaban J connectivity index is 1.84. The van der Waals surface area contributed by atoms with Crippen molar-refractivity contribution in [2.24, 2.45) is 0 Å². The van der Waals surface area contributed by atoms with E-state index in [4.69, 9.17) is 17.0 Å². The van der Waals surface area contributed by atoms with Crippen molar-refractivity contribution in [2.45, 2.75) is 6.92 Å². The Kier molecular flexibility index (Phi) is 4.72. The number of amides is 1. The van der Waals surface area contributed by atoms with Crippen molar-refractivity contribution in [1.82, 2.24) is 20.8 Å². The molecule has 0 atom stereocenters. The fraction of sp³-hybridized carbons (Fsp3) is 0.154. The zero-order valence-electron chi connectivity index (χ0n) is 11.6. The van der Waals surface area contributed by atoms with Gasteiger partial charge < -0.3 is 15.0 Å². The van der Waals surface area contributed by atoms with Gasteiger partial charge >= 0.3 is 0 Å². The van der Waals surface area contributed by atoms with Gasteiger partial charge in [-0.1, -0.05) is 0 Å². The molecular formula is C13H15N5O2S. The molecule has 2 rings (SSSR count). The average Bonchev–Trinajstić information content (AvgIpc) is 2.92. The van der Waals surface area contributed by atoms with Crippen LogP contribution in [0.1, 0.15) is 16.2 Å². The lowest BCUT2D eigenvalue weighted by atomic mass is 10.3. The smallest absolute Gasteiger partial charge is 0.290 e. The zero-order valence-corrected chi connectivity index (χ0v) is 12.4. The van der Waals surface area contributed by atoms with E-state index in [0.717, 1.165) is 11.4 Å². The first-order valence-electron chi connectivity index (χ1n) is 6.11. The fourth-order valence-corrected chi connectivity index (χ4v) is 1.77. The van der Waals surface area contributed by atoms with Crippen LogP contribution in [0.4, 0.5) is 5.69 Å². The van der Waals surface area contributed by atoms with Crippen molar-refractivity contribution < 1.29 is 9.53 Å². The maximum Gasteiger partial charge on any atom is 0.290 e. The highest BCUT2D eigenvalue weighted by atomic mass is 32.1. The summed E-state index contributed by atoms with van der Waals surface area (Å²) in [5.74, 6) is 0.384. The first-order valence-corrected chi connectivity index (χ1v) is 6.52. The molecule has 1 aromatic carbocycles. The van der Waals surface area contributed by atoms with E-state index >= 15 is 0 Å². The van der Waals surface area contributed by atoms with Crippen LogP contribution in [0.15, 0.2) is 30.6 Å². The number of nitrogens with zero attached hydrogens (tertiary/aromatic N) is 1. The van der Waals surface area contributed by atoms with Crippen molar-refractivity contribution in [2.75, 3.05) is 12.4 Å². The number of thiocarbonyl (C=S) groups is 1. The van der Waals surface area contributed by atoms with E-state index in [9.17, 15) is 4.79 Å². The lowest BCUT2D eigenvalue weighted by Crippen LogP contribution is -2.44. The number of rotatable bonds is 3. The van der Waals surface area contributed by atoms with E-state index in [1.54, 1.807) is 26.2 Å². The normalized spacial score (nSPS) is 9.81. The first kappa shape index (κ1) is 14.8. The summed E-state index contributed by atoms with van der Waals surface area (Å²) in [6.07, 6.45) is 1.46. The Labute approximate surface area is 127 Å². The Hall–Kier alpha value is -2.61. The van der Waals surface area contributed by atoms with Crippen molar-refractivity contribution in [3.63, 3.8) is 0 Å². The van der Waals surface area contributed by atoms with Crippen LogP contribution < -0.4 is 20.9 Å². The number of aromatic nitrogens is 2. The molecule has 1 heterocycles. The molecule has 0 aliphatic rings. The van der Waals surface area contributed by atoms with Crippen molar-refractivity contribution in [1.29, 1.82) is 0 Å². The van der Waals surface area contributed by atoms with Crippen LogP contribution in [0, 0.1) is 6.92 Å². The van der Waals surface area contributed by atoms with E-state index in [-0.39, 0.29) is 11.0 Å². The van der Waals surface area contributed by atoms with Crippen LogP contribution in [0.3, 0.4) is 0 Å². The van der Waals surface area contributed by atoms with Gasteiger partial charge in [0.25, 0.3) is 5.91 Å². The number of ether oxygens (including phenoxy) is 1. The molecule has 0 spiro atoms. The van der Waals surface area contributed by atoms with Crippen LogP contribution >= 0.6 is 12.2 Å². The molecule has 21 heavy (non-hydrogen) atoms. The van der Waals surface area contributed by atoms with E-state index in [1.807, 2.05) is 12.1 Å². The number of anilines is 1. The number of aryl methyl sites for hydroxylation is 1. The summed E-state index contributed by atoms with van der Waals surface area (Å²) in [5.41, 5.74) is 6.85. The maximum atomic E-state index is 11.8. The number of imidazole rings is 1. The summed E-state index contributed by atoms with van der Waals surface area (Å²) in [7, 11) is 1.60. The number of hydrazine groups is 1. The van der Waals surface area contributed by atoms with Crippen LogP contribution in [0.25, 0.3) is 0 Å². The minimum absolute atomic E-state index is 0.265. The van der Waals surface area contributed by atoms with Crippen LogP contribution in [-0.2, 0) is 0 Å². The zero-order chi connectivity index (χ0) is 15.2. The van der Waals surface area contributed by atoms with Crippen LogP contribution in [0.2, 0.25) is 0 Å². The molecule has 2 aromatic rings. The summed E-state index contributed by atoms with van der Waals surface area (Å²) < 4.78 is 5.06. The minimum atomic E-state index is -0.368. The molecular weight excluding hydrogens is 290 g/mol. The molecule has 0 unspecified atom stereocenters. The van der Waals surface area contributed by atoms with Crippen LogP contribution in [-0.4, -0.2) is 28.1 Å². The number of hydrogen-bond acceptors (Lipinski definition) is 4. The summed E-state index contributed by atoms with van der Waals surface area (Å²) in [5, 5.41) is 3.20. The van der Waals surface area contributed by atoms with Gasteiger partial charge in [-0.25, -0.2) is 4.98 Å². The minimum Gasteiger partial charge on any atom is -0.497 e. The molecule has 0 saturated heterocycles. The first-order chi connectivity index (χ1) is 10.1. The molecule has 0 aliphatic heterocycles. The molecule has 0 bridgehead atoms. The van der Waals surface area contributed by atoms with Gasteiger partial charge in [0.2, 0.25) is 0 Å². The number of methoxy groups -OCH3 is 1. The molecule has 0 saturated carbocycles. The third kappa shape index (κ3) is 3.93. The Morgan fingerprint density at radius 2 is 2.00 bits per heavy atom. The number of carbonyl (C=O) groups excluding carboxylic acids is 1. The van der Waals surface area contributed by atoms with Crippen molar-refractivity contribution in [3.8, 4) is 5.75 Å². The predicted octanol–water partition coefficient (Wildman–Crippen LogP) is 1.36. The fourth-order valence-electron chi connectivity index (χ4n) is 1.60. The number of carbonyl (C=O) groups is 1. The number of H-pyrrole nitrogens is 1. The summed E-state index contributed by atoms with van der Waals surface area (Å²) >= 11 is 5.08.